The molecule has 0 bridgehead atoms. The highest BCUT2D eigenvalue weighted by Crippen LogP contribution is 2.33. The largest absolute Gasteiger partial charge is 0.385 e. The van der Waals surface area contributed by atoms with Crippen LogP contribution in [0.5, 0.6) is 0 Å². The molecule has 3 aromatic rings. The standard InChI is InChI=1S/C23H23FN2O/c24-21-8-6-19(7-9-21)22-16-18(10-13-25-22)17-26-14-11-23(27,12-15-26)20-4-2-1-3-5-20/h1-10,13,16,27H,11-12,14-15,17H2. The molecule has 3 nitrogen and oxygen atoms in total. The van der Waals surface area contributed by atoms with E-state index in [1.807, 2.05) is 36.4 Å². The number of rotatable bonds is 4. The lowest BCUT2D eigenvalue weighted by atomic mass is 9.84. The fraction of sp³-hybridized carbons (Fsp3) is 0.261. The Kier molecular flexibility index (Phi) is 5.01. The Morgan fingerprint density at radius 2 is 1.67 bits per heavy atom. The van der Waals surface area contributed by atoms with Crippen molar-refractivity contribution in [3.05, 3.63) is 89.9 Å². The van der Waals surface area contributed by atoms with Crippen LogP contribution in [0.15, 0.2) is 72.9 Å². The lowest BCUT2D eigenvalue weighted by Crippen LogP contribution is -2.42. The van der Waals surface area contributed by atoms with Crippen LogP contribution in [0, 0.1) is 5.82 Å². The summed E-state index contributed by atoms with van der Waals surface area (Å²) < 4.78 is 13.1. The number of aliphatic hydroxyl groups is 1. The number of hydrogen-bond acceptors (Lipinski definition) is 3. The van der Waals surface area contributed by atoms with Crippen LogP contribution in [-0.2, 0) is 12.1 Å². The number of nitrogens with zero attached hydrogens (tertiary/aromatic N) is 2. The predicted molar refractivity (Wildman–Crippen MR) is 104 cm³/mol. The number of halogens is 1. The smallest absolute Gasteiger partial charge is 0.123 e. The molecule has 4 rings (SSSR count). The van der Waals surface area contributed by atoms with Gasteiger partial charge in [-0.15, -0.1) is 0 Å². The van der Waals surface area contributed by atoms with Gasteiger partial charge in [-0.2, -0.15) is 0 Å². The fourth-order valence-corrected chi connectivity index (χ4v) is 3.73. The monoisotopic (exact) mass is 362 g/mol. The zero-order valence-corrected chi connectivity index (χ0v) is 15.2. The first-order valence-corrected chi connectivity index (χ1v) is 9.34. The third kappa shape index (κ3) is 4.07. The van der Waals surface area contributed by atoms with Gasteiger partial charge in [0.25, 0.3) is 0 Å². The molecule has 1 saturated heterocycles. The van der Waals surface area contributed by atoms with Crippen LogP contribution < -0.4 is 0 Å². The van der Waals surface area contributed by atoms with Crippen molar-refractivity contribution in [1.82, 2.24) is 9.88 Å². The molecule has 0 unspecified atom stereocenters. The number of pyridine rings is 1. The van der Waals surface area contributed by atoms with Gasteiger partial charge >= 0.3 is 0 Å². The first-order chi connectivity index (χ1) is 13.1. The molecule has 27 heavy (non-hydrogen) atoms. The van der Waals surface area contributed by atoms with Crippen molar-refractivity contribution in [2.45, 2.75) is 25.0 Å². The van der Waals surface area contributed by atoms with Crippen LogP contribution in [-0.4, -0.2) is 28.1 Å². The van der Waals surface area contributed by atoms with Crippen molar-refractivity contribution in [3.8, 4) is 11.3 Å². The molecule has 2 heterocycles. The van der Waals surface area contributed by atoms with E-state index in [0.29, 0.717) is 0 Å². The van der Waals surface area contributed by atoms with E-state index in [1.54, 1.807) is 18.3 Å². The second-order valence-electron chi connectivity index (χ2n) is 7.23. The first-order valence-electron chi connectivity index (χ1n) is 9.34. The van der Waals surface area contributed by atoms with Crippen molar-refractivity contribution in [1.29, 1.82) is 0 Å². The Morgan fingerprint density at radius 3 is 2.37 bits per heavy atom. The summed E-state index contributed by atoms with van der Waals surface area (Å²) in [7, 11) is 0. The molecule has 0 amide bonds. The number of piperidine rings is 1. The SMILES string of the molecule is OC1(c2ccccc2)CCN(Cc2ccnc(-c3ccc(F)cc3)c2)CC1. The van der Waals surface area contributed by atoms with E-state index >= 15 is 0 Å². The molecular weight excluding hydrogens is 339 g/mol. The maximum absolute atomic E-state index is 13.1. The average molecular weight is 362 g/mol. The van der Waals surface area contributed by atoms with E-state index < -0.39 is 5.60 Å². The minimum Gasteiger partial charge on any atom is -0.385 e. The summed E-state index contributed by atoms with van der Waals surface area (Å²) in [4.78, 5) is 6.78. The molecule has 1 N–H and O–H groups in total. The summed E-state index contributed by atoms with van der Waals surface area (Å²) in [6.07, 6.45) is 3.26. The Bertz CT molecular complexity index is 888. The lowest BCUT2D eigenvalue weighted by molar-refractivity contribution is -0.0277. The minimum absolute atomic E-state index is 0.242. The topological polar surface area (TPSA) is 36.4 Å². The third-order valence-electron chi connectivity index (χ3n) is 5.36. The quantitative estimate of drug-likeness (QED) is 0.749. The van der Waals surface area contributed by atoms with E-state index in [2.05, 4.69) is 16.0 Å². The van der Waals surface area contributed by atoms with Crippen molar-refractivity contribution in [2.24, 2.45) is 0 Å². The first kappa shape index (κ1) is 17.8. The highest BCUT2D eigenvalue weighted by molar-refractivity contribution is 5.59. The van der Waals surface area contributed by atoms with Crippen LogP contribution in [0.4, 0.5) is 4.39 Å². The number of benzene rings is 2. The Hall–Kier alpha value is -2.56. The van der Waals surface area contributed by atoms with Crippen molar-refractivity contribution in [3.63, 3.8) is 0 Å². The highest BCUT2D eigenvalue weighted by Gasteiger charge is 2.33. The maximum Gasteiger partial charge on any atom is 0.123 e. The molecule has 0 saturated carbocycles. The van der Waals surface area contributed by atoms with Crippen molar-refractivity contribution < 1.29 is 9.50 Å². The Labute approximate surface area is 159 Å². The third-order valence-corrected chi connectivity index (χ3v) is 5.36. The van der Waals surface area contributed by atoms with Gasteiger partial charge in [-0.05, 0) is 60.4 Å². The summed E-state index contributed by atoms with van der Waals surface area (Å²) in [6.45, 7) is 2.51. The number of aromatic nitrogens is 1. The van der Waals surface area contributed by atoms with Gasteiger partial charge < -0.3 is 5.11 Å². The van der Waals surface area contributed by atoms with E-state index in [9.17, 15) is 9.50 Å². The van der Waals surface area contributed by atoms with Crippen LogP contribution >= 0.6 is 0 Å². The molecule has 2 aromatic carbocycles. The van der Waals surface area contributed by atoms with E-state index in [1.165, 1.54) is 17.7 Å². The zero-order chi connectivity index (χ0) is 18.7. The van der Waals surface area contributed by atoms with Gasteiger partial charge in [0.05, 0.1) is 11.3 Å². The molecule has 4 heteroatoms. The van der Waals surface area contributed by atoms with Crippen LogP contribution in [0.25, 0.3) is 11.3 Å². The average Bonchev–Trinajstić information content (AvgIpc) is 2.71. The summed E-state index contributed by atoms with van der Waals surface area (Å²) in [5.41, 5.74) is 3.22. The zero-order valence-electron chi connectivity index (χ0n) is 15.2. The summed E-state index contributed by atoms with van der Waals surface area (Å²) >= 11 is 0. The summed E-state index contributed by atoms with van der Waals surface area (Å²) in [5.74, 6) is -0.242. The van der Waals surface area contributed by atoms with Gasteiger partial charge in [0.15, 0.2) is 0 Å². The lowest BCUT2D eigenvalue weighted by Gasteiger charge is -2.38. The molecule has 1 aliphatic rings. The van der Waals surface area contributed by atoms with Gasteiger partial charge in [0, 0.05) is 31.4 Å². The summed E-state index contributed by atoms with van der Waals surface area (Å²) in [5, 5.41) is 11.0. The molecule has 0 spiro atoms. The summed E-state index contributed by atoms with van der Waals surface area (Å²) in [6, 6.07) is 20.4. The normalized spacial score (nSPS) is 17.0. The maximum atomic E-state index is 13.1. The van der Waals surface area contributed by atoms with Crippen LogP contribution in [0.2, 0.25) is 0 Å². The Balaban J connectivity index is 1.42. The van der Waals surface area contributed by atoms with Crippen LogP contribution in [0.3, 0.4) is 0 Å². The number of hydrogen-bond donors (Lipinski definition) is 1. The molecule has 138 valence electrons. The molecule has 0 aliphatic carbocycles. The van der Waals surface area contributed by atoms with Gasteiger partial charge in [-0.3, -0.25) is 9.88 Å². The molecule has 1 aromatic heterocycles. The van der Waals surface area contributed by atoms with E-state index in [4.69, 9.17) is 0 Å². The fourth-order valence-electron chi connectivity index (χ4n) is 3.73. The second kappa shape index (κ2) is 7.59. The second-order valence-corrected chi connectivity index (χ2v) is 7.23. The van der Waals surface area contributed by atoms with E-state index in [-0.39, 0.29) is 5.82 Å². The van der Waals surface area contributed by atoms with Gasteiger partial charge in [0.2, 0.25) is 0 Å². The number of likely N-dealkylation sites (tertiary alicyclic amines) is 1. The van der Waals surface area contributed by atoms with E-state index in [0.717, 1.165) is 49.3 Å². The van der Waals surface area contributed by atoms with Crippen LogP contribution in [0.1, 0.15) is 24.0 Å². The molecular formula is C23H23FN2O. The molecule has 0 atom stereocenters. The minimum atomic E-state index is -0.727. The van der Waals surface area contributed by atoms with Gasteiger partial charge in [-0.1, -0.05) is 30.3 Å². The molecule has 0 radical (unpaired) electrons. The van der Waals surface area contributed by atoms with Gasteiger partial charge in [-0.25, -0.2) is 4.39 Å². The van der Waals surface area contributed by atoms with Gasteiger partial charge in [0.1, 0.15) is 5.82 Å². The predicted octanol–water partition coefficient (Wildman–Crippen LogP) is 4.37. The Morgan fingerprint density at radius 1 is 0.963 bits per heavy atom. The molecule has 1 fully saturated rings. The van der Waals surface area contributed by atoms with Crippen molar-refractivity contribution >= 4 is 0 Å². The highest BCUT2D eigenvalue weighted by atomic mass is 19.1. The molecule has 1 aliphatic heterocycles. The van der Waals surface area contributed by atoms with Crippen molar-refractivity contribution in [2.75, 3.05) is 13.1 Å².